The van der Waals surface area contributed by atoms with Gasteiger partial charge in [0, 0.05) is 41.9 Å². The third kappa shape index (κ3) is 5.86. The Morgan fingerprint density at radius 2 is 1.48 bits per heavy atom. The molecule has 3 heteroatoms. The number of nitrogens with zero attached hydrogens (tertiary/aromatic N) is 1. The fourth-order valence-electron chi connectivity index (χ4n) is 4.68. The molecule has 0 N–H and O–H groups in total. The first-order chi connectivity index (χ1) is 15.1. The molecule has 1 aromatic heterocycles. The summed E-state index contributed by atoms with van der Waals surface area (Å²) in [6, 6.07) is 18.4. The van der Waals surface area contributed by atoms with Crippen molar-refractivity contribution in [2.24, 2.45) is 0 Å². The van der Waals surface area contributed by atoms with Gasteiger partial charge in [0.05, 0.1) is 5.56 Å². The first-order valence-corrected chi connectivity index (χ1v) is 11.8. The number of ether oxygens (including phenoxy) is 1. The number of rotatable bonds is 13. The van der Waals surface area contributed by atoms with E-state index in [-0.39, 0.29) is 5.78 Å². The molecule has 31 heavy (non-hydrogen) atoms. The maximum atomic E-state index is 13.3. The highest BCUT2D eigenvalue weighted by Crippen LogP contribution is 2.32. The van der Waals surface area contributed by atoms with Crippen molar-refractivity contribution in [2.45, 2.75) is 71.3 Å². The lowest BCUT2D eigenvalue weighted by Gasteiger charge is -2.18. The van der Waals surface area contributed by atoms with Crippen molar-refractivity contribution in [3.05, 3.63) is 71.4 Å². The molecule has 0 aliphatic rings. The van der Waals surface area contributed by atoms with Crippen molar-refractivity contribution in [1.82, 2.24) is 4.57 Å². The van der Waals surface area contributed by atoms with Crippen LogP contribution < -0.4 is 0 Å². The number of hydrogen-bond donors (Lipinski definition) is 0. The Morgan fingerprint density at radius 3 is 2.19 bits per heavy atom. The van der Waals surface area contributed by atoms with Gasteiger partial charge in [-0.25, -0.2) is 0 Å². The fraction of sp³-hybridized carbons (Fsp3) is 0.464. The second-order valence-electron chi connectivity index (χ2n) is 8.65. The van der Waals surface area contributed by atoms with E-state index in [0.29, 0.717) is 6.04 Å². The average molecular weight is 420 g/mol. The predicted octanol–water partition coefficient (Wildman–Crippen LogP) is 7.51. The van der Waals surface area contributed by atoms with Crippen LogP contribution >= 0.6 is 0 Å². The number of hydrogen-bond acceptors (Lipinski definition) is 2. The Hall–Kier alpha value is -2.39. The van der Waals surface area contributed by atoms with Gasteiger partial charge in [0.2, 0.25) is 0 Å². The van der Waals surface area contributed by atoms with E-state index in [1.54, 1.807) is 7.11 Å². The maximum Gasteiger partial charge on any atom is 0.195 e. The zero-order chi connectivity index (χ0) is 22.1. The molecule has 0 fully saturated rings. The first kappa shape index (κ1) is 23.3. The normalized spacial score (nSPS) is 12.4. The van der Waals surface area contributed by atoms with E-state index in [0.717, 1.165) is 35.2 Å². The quantitative estimate of drug-likeness (QED) is 0.212. The summed E-state index contributed by atoms with van der Waals surface area (Å²) in [5.74, 6) is 0.119. The van der Waals surface area contributed by atoms with E-state index in [9.17, 15) is 4.79 Å². The number of methoxy groups -OCH3 is 1. The number of ketones is 1. The highest BCUT2D eigenvalue weighted by molar-refractivity contribution is 6.17. The molecule has 0 aliphatic heterocycles. The van der Waals surface area contributed by atoms with Crippen LogP contribution in [0.25, 0.3) is 10.9 Å². The molecular formula is C28H37NO2. The standard InChI is InChI=1S/C28H37NO2/c1-22(16-10-7-5-4-6-8-15-21-31-3)29-23(2)27(25-19-13-14-20-26(25)29)28(30)24-17-11-9-12-18-24/h9,11-14,17-20,22H,4-8,10,15-16,21H2,1-3H3. The van der Waals surface area contributed by atoms with E-state index in [1.165, 1.54) is 50.5 Å². The lowest BCUT2D eigenvalue weighted by molar-refractivity contribution is 0.103. The monoisotopic (exact) mass is 419 g/mol. The minimum atomic E-state index is 0.119. The minimum absolute atomic E-state index is 0.119. The molecule has 2 aromatic carbocycles. The molecule has 3 nitrogen and oxygen atoms in total. The van der Waals surface area contributed by atoms with E-state index in [4.69, 9.17) is 4.74 Å². The average Bonchev–Trinajstić information content (AvgIpc) is 3.09. The van der Waals surface area contributed by atoms with Gasteiger partial charge in [-0.2, -0.15) is 0 Å². The number of unbranched alkanes of at least 4 members (excludes halogenated alkanes) is 6. The third-order valence-electron chi connectivity index (χ3n) is 6.33. The van der Waals surface area contributed by atoms with Crippen LogP contribution in [0.15, 0.2) is 54.6 Å². The van der Waals surface area contributed by atoms with Gasteiger partial charge < -0.3 is 9.30 Å². The highest BCUT2D eigenvalue weighted by Gasteiger charge is 2.22. The van der Waals surface area contributed by atoms with Gasteiger partial charge >= 0.3 is 0 Å². The Bertz CT molecular complexity index is 958. The number of benzene rings is 2. The molecule has 1 heterocycles. The van der Waals surface area contributed by atoms with Crippen molar-refractivity contribution >= 4 is 16.7 Å². The van der Waals surface area contributed by atoms with Gasteiger partial charge in [0.15, 0.2) is 5.78 Å². The Kier molecular flexibility index (Phi) is 8.90. The lowest BCUT2D eigenvalue weighted by atomic mass is 10.0. The molecule has 1 unspecified atom stereocenters. The van der Waals surface area contributed by atoms with E-state index in [1.807, 2.05) is 36.4 Å². The van der Waals surface area contributed by atoms with Crippen LogP contribution in [0.5, 0.6) is 0 Å². The van der Waals surface area contributed by atoms with Crippen LogP contribution in [0.2, 0.25) is 0 Å². The van der Waals surface area contributed by atoms with E-state index in [2.05, 4.69) is 36.6 Å². The zero-order valence-corrected chi connectivity index (χ0v) is 19.4. The molecule has 0 amide bonds. The number of aromatic nitrogens is 1. The summed E-state index contributed by atoms with van der Waals surface area (Å²) >= 11 is 0. The van der Waals surface area contributed by atoms with Gasteiger partial charge in [0.25, 0.3) is 0 Å². The molecule has 0 spiro atoms. The van der Waals surface area contributed by atoms with Gasteiger partial charge in [-0.3, -0.25) is 4.79 Å². The molecule has 166 valence electrons. The SMILES string of the molecule is COCCCCCCCCCC(C)n1c(C)c(C(=O)c2ccccc2)c2ccccc21. The number of carbonyl (C=O) groups is 1. The topological polar surface area (TPSA) is 31.2 Å². The summed E-state index contributed by atoms with van der Waals surface area (Å²) in [7, 11) is 1.78. The molecule has 0 bridgehead atoms. The molecule has 3 aromatic rings. The number of para-hydroxylation sites is 1. The van der Waals surface area contributed by atoms with Crippen molar-refractivity contribution in [2.75, 3.05) is 13.7 Å². The van der Waals surface area contributed by atoms with Gasteiger partial charge in [-0.05, 0) is 32.8 Å². The van der Waals surface area contributed by atoms with Crippen molar-refractivity contribution in [3.8, 4) is 0 Å². The first-order valence-electron chi connectivity index (χ1n) is 11.8. The summed E-state index contributed by atoms with van der Waals surface area (Å²) in [6.45, 7) is 5.28. The summed E-state index contributed by atoms with van der Waals surface area (Å²) < 4.78 is 7.50. The van der Waals surface area contributed by atoms with E-state index >= 15 is 0 Å². The minimum Gasteiger partial charge on any atom is -0.385 e. The van der Waals surface area contributed by atoms with Crippen molar-refractivity contribution in [1.29, 1.82) is 0 Å². The van der Waals surface area contributed by atoms with Crippen LogP contribution in [-0.4, -0.2) is 24.1 Å². The Labute approximate surface area is 187 Å². The summed E-state index contributed by atoms with van der Waals surface area (Å²) in [5, 5.41) is 1.07. The summed E-state index contributed by atoms with van der Waals surface area (Å²) in [6.07, 6.45) is 10.0. The molecule has 1 atom stereocenters. The number of carbonyl (C=O) groups excluding carboxylic acids is 1. The zero-order valence-electron chi connectivity index (χ0n) is 19.4. The Balaban J connectivity index is 1.65. The van der Waals surface area contributed by atoms with Crippen LogP contribution in [0.3, 0.4) is 0 Å². The van der Waals surface area contributed by atoms with E-state index < -0.39 is 0 Å². The van der Waals surface area contributed by atoms with Crippen molar-refractivity contribution < 1.29 is 9.53 Å². The van der Waals surface area contributed by atoms with Gasteiger partial charge in [-0.1, -0.05) is 87.1 Å². The van der Waals surface area contributed by atoms with Crippen LogP contribution in [0.1, 0.15) is 85.9 Å². The predicted molar refractivity (Wildman–Crippen MR) is 130 cm³/mol. The lowest BCUT2D eigenvalue weighted by Crippen LogP contribution is -2.09. The number of fused-ring (bicyclic) bond motifs is 1. The maximum absolute atomic E-state index is 13.3. The second-order valence-corrected chi connectivity index (χ2v) is 8.65. The van der Waals surface area contributed by atoms with Crippen LogP contribution in [0, 0.1) is 6.92 Å². The third-order valence-corrected chi connectivity index (χ3v) is 6.33. The largest absolute Gasteiger partial charge is 0.385 e. The van der Waals surface area contributed by atoms with Crippen molar-refractivity contribution in [3.63, 3.8) is 0 Å². The van der Waals surface area contributed by atoms with Gasteiger partial charge in [0.1, 0.15) is 0 Å². The summed E-state index contributed by atoms with van der Waals surface area (Å²) in [5.41, 5.74) is 3.86. The fourth-order valence-corrected chi connectivity index (χ4v) is 4.68. The molecule has 0 saturated heterocycles. The molecule has 3 rings (SSSR count). The van der Waals surface area contributed by atoms with Crippen LogP contribution in [-0.2, 0) is 4.74 Å². The second kappa shape index (κ2) is 11.9. The molecule has 0 radical (unpaired) electrons. The van der Waals surface area contributed by atoms with Crippen LogP contribution in [0.4, 0.5) is 0 Å². The van der Waals surface area contributed by atoms with Gasteiger partial charge in [-0.15, -0.1) is 0 Å². The Morgan fingerprint density at radius 1 is 0.871 bits per heavy atom. The highest BCUT2D eigenvalue weighted by atomic mass is 16.5. The molecular weight excluding hydrogens is 382 g/mol. The molecule has 0 aliphatic carbocycles. The summed E-state index contributed by atoms with van der Waals surface area (Å²) in [4.78, 5) is 13.3. The molecule has 0 saturated carbocycles. The smallest absolute Gasteiger partial charge is 0.195 e.